The standard InChI is InChI=1S/C11H18OSi/c1-7-12-11(10(2)3)8-9-13(4,5)6/h7,11H,1-2H2,3-6H3. The Morgan fingerprint density at radius 3 is 2.31 bits per heavy atom. The first-order valence-corrected chi connectivity index (χ1v) is 7.81. The highest BCUT2D eigenvalue weighted by Crippen LogP contribution is 2.04. The molecule has 1 nitrogen and oxygen atoms in total. The molecule has 0 aromatic carbocycles. The monoisotopic (exact) mass is 194 g/mol. The van der Waals surface area contributed by atoms with Crippen molar-refractivity contribution in [3.63, 3.8) is 0 Å². The van der Waals surface area contributed by atoms with Crippen LogP contribution in [0.25, 0.3) is 0 Å². The van der Waals surface area contributed by atoms with Gasteiger partial charge in [-0.15, -0.1) is 5.54 Å². The van der Waals surface area contributed by atoms with Gasteiger partial charge in [0.1, 0.15) is 8.07 Å². The van der Waals surface area contributed by atoms with Gasteiger partial charge in [-0.1, -0.05) is 38.7 Å². The molecule has 0 aromatic rings. The van der Waals surface area contributed by atoms with Gasteiger partial charge in [-0.05, 0) is 12.5 Å². The van der Waals surface area contributed by atoms with Crippen molar-refractivity contribution in [1.29, 1.82) is 0 Å². The minimum Gasteiger partial charge on any atom is -0.482 e. The Bertz CT molecular complexity index is 249. The number of ether oxygens (including phenoxy) is 1. The SMILES string of the molecule is C=COC(C#C[Si](C)(C)C)C(=C)C. The molecule has 0 saturated heterocycles. The molecule has 0 rings (SSSR count). The summed E-state index contributed by atoms with van der Waals surface area (Å²) in [7, 11) is -1.31. The molecule has 0 amide bonds. The summed E-state index contributed by atoms with van der Waals surface area (Å²) in [4.78, 5) is 0. The van der Waals surface area contributed by atoms with E-state index >= 15 is 0 Å². The highest BCUT2D eigenvalue weighted by Gasteiger charge is 2.10. The molecule has 0 aliphatic carbocycles. The molecule has 0 aliphatic rings. The summed E-state index contributed by atoms with van der Waals surface area (Å²) < 4.78 is 5.21. The summed E-state index contributed by atoms with van der Waals surface area (Å²) in [5, 5.41) is 0. The van der Waals surface area contributed by atoms with Crippen LogP contribution >= 0.6 is 0 Å². The minimum absolute atomic E-state index is 0.191. The lowest BCUT2D eigenvalue weighted by Crippen LogP contribution is -2.18. The van der Waals surface area contributed by atoms with Gasteiger partial charge in [-0.25, -0.2) is 0 Å². The largest absolute Gasteiger partial charge is 0.482 e. The van der Waals surface area contributed by atoms with Crippen LogP contribution in [-0.2, 0) is 4.74 Å². The fourth-order valence-electron chi connectivity index (χ4n) is 0.652. The van der Waals surface area contributed by atoms with Crippen LogP contribution in [0.3, 0.4) is 0 Å². The van der Waals surface area contributed by atoms with Crippen molar-refractivity contribution in [2.24, 2.45) is 0 Å². The van der Waals surface area contributed by atoms with Gasteiger partial charge in [0, 0.05) is 0 Å². The van der Waals surface area contributed by atoms with E-state index in [1.165, 1.54) is 6.26 Å². The first-order valence-electron chi connectivity index (χ1n) is 4.31. The van der Waals surface area contributed by atoms with E-state index in [2.05, 4.69) is 44.3 Å². The van der Waals surface area contributed by atoms with Gasteiger partial charge in [0.15, 0.2) is 6.10 Å². The predicted octanol–water partition coefficient (Wildman–Crippen LogP) is 2.97. The summed E-state index contributed by atoms with van der Waals surface area (Å²) in [6.07, 6.45) is 1.22. The summed E-state index contributed by atoms with van der Waals surface area (Å²) in [6.45, 7) is 15.8. The highest BCUT2D eigenvalue weighted by atomic mass is 28.3. The second kappa shape index (κ2) is 4.93. The van der Waals surface area contributed by atoms with Crippen LogP contribution in [0, 0.1) is 11.5 Å². The van der Waals surface area contributed by atoms with Gasteiger partial charge >= 0.3 is 0 Å². The zero-order chi connectivity index (χ0) is 10.5. The molecular formula is C11H18OSi. The van der Waals surface area contributed by atoms with E-state index in [9.17, 15) is 0 Å². The first-order chi connectivity index (χ1) is 5.87. The maximum absolute atomic E-state index is 5.21. The van der Waals surface area contributed by atoms with Crippen LogP contribution in [0.1, 0.15) is 6.92 Å². The van der Waals surface area contributed by atoms with E-state index in [1.807, 2.05) is 6.92 Å². The molecule has 0 spiro atoms. The van der Waals surface area contributed by atoms with E-state index in [1.54, 1.807) is 0 Å². The Labute approximate surface area is 82.5 Å². The first kappa shape index (κ1) is 12.1. The third kappa shape index (κ3) is 6.24. The molecule has 2 heteroatoms. The Hall–Kier alpha value is -0.943. The molecule has 0 saturated carbocycles. The van der Waals surface area contributed by atoms with Crippen LogP contribution in [0.5, 0.6) is 0 Å². The van der Waals surface area contributed by atoms with Crippen LogP contribution in [0.4, 0.5) is 0 Å². The lowest BCUT2D eigenvalue weighted by Gasteiger charge is -2.11. The topological polar surface area (TPSA) is 9.23 Å². The van der Waals surface area contributed by atoms with Crippen molar-refractivity contribution < 1.29 is 4.74 Å². The summed E-state index contributed by atoms with van der Waals surface area (Å²) >= 11 is 0. The maximum Gasteiger partial charge on any atom is 0.178 e. The molecule has 0 fully saturated rings. The smallest absolute Gasteiger partial charge is 0.178 e. The van der Waals surface area contributed by atoms with E-state index in [4.69, 9.17) is 4.74 Å². The molecule has 1 atom stereocenters. The molecule has 0 aromatic heterocycles. The predicted molar refractivity (Wildman–Crippen MR) is 61.0 cm³/mol. The molecule has 1 unspecified atom stereocenters. The van der Waals surface area contributed by atoms with Gasteiger partial charge in [0.2, 0.25) is 0 Å². The summed E-state index contributed by atoms with van der Waals surface area (Å²) in [5.41, 5.74) is 4.17. The van der Waals surface area contributed by atoms with E-state index in [0.29, 0.717) is 0 Å². The van der Waals surface area contributed by atoms with Gasteiger partial charge in [0.25, 0.3) is 0 Å². The quantitative estimate of drug-likeness (QED) is 0.290. The maximum atomic E-state index is 5.21. The lowest BCUT2D eigenvalue weighted by molar-refractivity contribution is 0.227. The zero-order valence-electron chi connectivity index (χ0n) is 8.98. The Morgan fingerprint density at radius 1 is 1.46 bits per heavy atom. The van der Waals surface area contributed by atoms with Crippen LogP contribution in [-0.4, -0.2) is 14.2 Å². The van der Waals surface area contributed by atoms with E-state index in [-0.39, 0.29) is 6.10 Å². The number of rotatable bonds is 3. The third-order valence-electron chi connectivity index (χ3n) is 1.26. The Kier molecular flexibility index (Phi) is 4.57. The molecule has 0 heterocycles. The average molecular weight is 194 g/mol. The van der Waals surface area contributed by atoms with Gasteiger partial charge in [-0.2, -0.15) is 0 Å². The van der Waals surface area contributed by atoms with Gasteiger partial charge in [-0.3, -0.25) is 0 Å². The Morgan fingerprint density at radius 2 is 2.00 bits per heavy atom. The number of hydrogen-bond donors (Lipinski definition) is 0. The van der Waals surface area contributed by atoms with E-state index < -0.39 is 8.07 Å². The van der Waals surface area contributed by atoms with Crippen molar-refractivity contribution in [3.8, 4) is 11.5 Å². The average Bonchev–Trinajstić information content (AvgIpc) is 1.95. The minimum atomic E-state index is -1.31. The molecule has 0 bridgehead atoms. The van der Waals surface area contributed by atoms with Crippen LogP contribution < -0.4 is 0 Å². The van der Waals surface area contributed by atoms with Crippen molar-refractivity contribution >= 4 is 8.07 Å². The summed E-state index contributed by atoms with van der Waals surface area (Å²) in [6, 6.07) is 0. The van der Waals surface area contributed by atoms with Crippen molar-refractivity contribution in [3.05, 3.63) is 25.0 Å². The third-order valence-corrected chi connectivity index (χ3v) is 2.15. The summed E-state index contributed by atoms with van der Waals surface area (Å²) in [5.74, 6) is 3.08. The highest BCUT2D eigenvalue weighted by molar-refractivity contribution is 6.83. The Balaban J connectivity index is 4.47. The van der Waals surface area contributed by atoms with Crippen LogP contribution in [0.15, 0.2) is 25.0 Å². The number of hydrogen-bond acceptors (Lipinski definition) is 1. The lowest BCUT2D eigenvalue weighted by atomic mass is 10.2. The van der Waals surface area contributed by atoms with Gasteiger partial charge < -0.3 is 4.74 Å². The van der Waals surface area contributed by atoms with E-state index in [0.717, 1.165) is 5.57 Å². The van der Waals surface area contributed by atoms with Crippen molar-refractivity contribution in [2.75, 3.05) is 0 Å². The normalized spacial score (nSPS) is 12.3. The molecule has 13 heavy (non-hydrogen) atoms. The fourth-order valence-corrected chi connectivity index (χ4v) is 1.22. The second-order valence-corrected chi connectivity index (χ2v) is 8.80. The fraction of sp³-hybridized carbons (Fsp3) is 0.455. The molecule has 0 radical (unpaired) electrons. The van der Waals surface area contributed by atoms with Crippen molar-refractivity contribution in [1.82, 2.24) is 0 Å². The molecule has 0 aliphatic heterocycles. The molecule has 72 valence electrons. The molecule has 0 N–H and O–H groups in total. The zero-order valence-corrected chi connectivity index (χ0v) is 9.98. The second-order valence-electron chi connectivity index (χ2n) is 4.05. The van der Waals surface area contributed by atoms with Gasteiger partial charge in [0.05, 0.1) is 6.26 Å². The molecular weight excluding hydrogens is 176 g/mol. The van der Waals surface area contributed by atoms with Crippen molar-refractivity contribution in [2.45, 2.75) is 32.7 Å². The van der Waals surface area contributed by atoms with Crippen LogP contribution in [0.2, 0.25) is 19.6 Å².